The van der Waals surface area contributed by atoms with Gasteiger partial charge < -0.3 is 24.8 Å². The first kappa shape index (κ1) is 31.6. The molecule has 8 atom stereocenters. The third kappa shape index (κ3) is 4.47. The summed E-state index contributed by atoms with van der Waals surface area (Å²) in [5.74, 6) is -3.09. The van der Waals surface area contributed by atoms with Crippen molar-refractivity contribution in [1.29, 1.82) is 0 Å². The van der Waals surface area contributed by atoms with E-state index < -0.39 is 64.6 Å². The van der Waals surface area contributed by atoms with Crippen LogP contribution in [0.3, 0.4) is 0 Å². The molecule has 4 rings (SSSR count). The molecular weight excluding hydrogens is 524 g/mol. The molecule has 8 nitrogen and oxygen atoms in total. The Morgan fingerprint density at radius 3 is 2.44 bits per heavy atom. The van der Waals surface area contributed by atoms with Crippen LogP contribution in [0.15, 0.2) is 34.9 Å². The van der Waals surface area contributed by atoms with Gasteiger partial charge in [-0.05, 0) is 50.7 Å². The van der Waals surface area contributed by atoms with E-state index in [1.54, 1.807) is 39.0 Å². The highest BCUT2D eigenvalue weighted by Gasteiger charge is 2.83. The molecule has 2 bridgehead atoms. The van der Waals surface area contributed by atoms with Crippen LogP contribution in [0.2, 0.25) is 0 Å². The van der Waals surface area contributed by atoms with Gasteiger partial charge in [-0.25, -0.2) is 4.79 Å². The largest absolute Gasteiger partial charge is 0.458 e. The maximum absolute atomic E-state index is 14.7. The van der Waals surface area contributed by atoms with Crippen molar-refractivity contribution in [3.8, 4) is 0 Å². The molecule has 0 saturated heterocycles. The molecule has 2 unspecified atom stereocenters. The van der Waals surface area contributed by atoms with Gasteiger partial charge in [-0.1, -0.05) is 71.6 Å². The normalized spacial score (nSPS) is 39.0. The van der Waals surface area contributed by atoms with Crippen molar-refractivity contribution in [3.05, 3.63) is 34.9 Å². The van der Waals surface area contributed by atoms with Crippen molar-refractivity contribution in [2.24, 2.45) is 28.6 Å². The Morgan fingerprint density at radius 2 is 1.83 bits per heavy atom. The minimum Gasteiger partial charge on any atom is -0.458 e. The topological polar surface area (TPSA) is 130 Å². The molecule has 4 aliphatic rings. The Bertz CT molecular complexity index is 1180. The van der Waals surface area contributed by atoms with Gasteiger partial charge in [0.05, 0.1) is 12.0 Å². The summed E-state index contributed by atoms with van der Waals surface area (Å²) in [5.41, 5.74) is -4.52. The molecule has 0 aromatic heterocycles. The number of fused-ring (bicyclic) bond motifs is 3. The van der Waals surface area contributed by atoms with Crippen LogP contribution >= 0.6 is 0 Å². The summed E-state index contributed by atoms with van der Waals surface area (Å²) in [6, 6.07) is 0. The van der Waals surface area contributed by atoms with Gasteiger partial charge >= 0.3 is 11.9 Å². The molecule has 0 heterocycles. The summed E-state index contributed by atoms with van der Waals surface area (Å²) < 4.78 is 12.1. The number of aliphatic hydroxyl groups excluding tert-OH is 2. The molecular formula is C33H48O8. The Balaban J connectivity index is 1.77. The van der Waals surface area contributed by atoms with Gasteiger partial charge in [0, 0.05) is 29.2 Å². The Morgan fingerprint density at radius 1 is 1.17 bits per heavy atom. The summed E-state index contributed by atoms with van der Waals surface area (Å²) in [7, 11) is 0. The minimum absolute atomic E-state index is 0.0904. The van der Waals surface area contributed by atoms with E-state index in [1.165, 1.54) is 0 Å². The molecule has 41 heavy (non-hydrogen) atoms. The van der Waals surface area contributed by atoms with Crippen LogP contribution in [-0.4, -0.2) is 63.1 Å². The lowest BCUT2D eigenvalue weighted by molar-refractivity contribution is -0.203. The van der Waals surface area contributed by atoms with Gasteiger partial charge in [-0.2, -0.15) is 0 Å². The van der Waals surface area contributed by atoms with E-state index in [-0.39, 0.29) is 17.3 Å². The molecule has 2 saturated carbocycles. The van der Waals surface area contributed by atoms with Crippen LogP contribution in [0.4, 0.5) is 0 Å². The Kier molecular flexibility index (Phi) is 8.55. The van der Waals surface area contributed by atoms with Crippen molar-refractivity contribution < 1.29 is 39.2 Å². The maximum Gasteiger partial charge on any atom is 0.334 e. The standard InChI is InChI=1S/C33H48O8/c1-8-10-11-12-13-14-24(35)41-32-17-21(5)31-16-20(4)28(40-29(38)19(3)9-2)33(31,39)26(36)22(18-34)15-23(27(31)37)25(32)30(32,6)7/h9,15-16,21,23,25-26,28,34,36,39H,8,10-14,17-18H2,1-7H3/b19-9-/t21?,23-,25+,26+,28-,31?,32-,33-/m0/s1. The fraction of sp³-hybridized carbons (Fsp3) is 0.727. The lowest BCUT2D eigenvalue weighted by Crippen LogP contribution is -2.66. The highest BCUT2D eigenvalue weighted by atomic mass is 16.6. The number of aliphatic hydroxyl groups is 3. The predicted octanol–water partition coefficient (Wildman–Crippen LogP) is 4.36. The number of rotatable bonds is 10. The minimum atomic E-state index is -2.26. The lowest BCUT2D eigenvalue weighted by Gasteiger charge is -2.49. The number of ether oxygens (including phenoxy) is 2. The van der Waals surface area contributed by atoms with E-state index in [1.807, 2.05) is 20.8 Å². The van der Waals surface area contributed by atoms with Crippen molar-refractivity contribution >= 4 is 17.7 Å². The summed E-state index contributed by atoms with van der Waals surface area (Å²) in [6.07, 6.45) is 7.43. The number of carbonyl (C=O) groups excluding carboxylic acids is 3. The van der Waals surface area contributed by atoms with E-state index in [0.717, 1.165) is 32.1 Å². The highest BCUT2D eigenvalue weighted by molar-refractivity contribution is 5.96. The number of allylic oxidation sites excluding steroid dienone is 2. The van der Waals surface area contributed by atoms with Gasteiger partial charge in [0.1, 0.15) is 11.7 Å². The number of carbonyl (C=O) groups is 3. The molecule has 8 heteroatoms. The number of esters is 2. The molecule has 0 amide bonds. The first-order valence-electron chi connectivity index (χ1n) is 15.2. The van der Waals surface area contributed by atoms with Crippen molar-refractivity contribution in [1.82, 2.24) is 0 Å². The van der Waals surface area contributed by atoms with Gasteiger partial charge in [0.2, 0.25) is 0 Å². The molecule has 2 fully saturated rings. The molecule has 0 radical (unpaired) electrons. The third-order valence-corrected chi connectivity index (χ3v) is 10.8. The van der Waals surface area contributed by atoms with Crippen molar-refractivity contribution in [2.75, 3.05) is 6.61 Å². The average Bonchev–Trinajstić information content (AvgIpc) is 3.32. The van der Waals surface area contributed by atoms with Crippen LogP contribution in [0.1, 0.15) is 93.4 Å². The second kappa shape index (κ2) is 11.1. The number of Topliss-reactive ketones (excluding diaryl/α,β-unsaturated/α-hetero) is 1. The fourth-order valence-corrected chi connectivity index (χ4v) is 8.34. The van der Waals surface area contributed by atoms with Crippen LogP contribution in [0, 0.1) is 28.6 Å². The number of hydrogen-bond acceptors (Lipinski definition) is 8. The van der Waals surface area contributed by atoms with Gasteiger partial charge in [0.15, 0.2) is 17.5 Å². The quantitative estimate of drug-likeness (QED) is 0.152. The zero-order valence-corrected chi connectivity index (χ0v) is 25.7. The maximum atomic E-state index is 14.7. The molecule has 228 valence electrons. The Labute approximate surface area is 243 Å². The zero-order valence-electron chi connectivity index (χ0n) is 25.7. The zero-order chi connectivity index (χ0) is 30.5. The van der Waals surface area contributed by atoms with Gasteiger partial charge in [-0.15, -0.1) is 0 Å². The summed E-state index contributed by atoms with van der Waals surface area (Å²) in [6.45, 7) is 12.3. The summed E-state index contributed by atoms with van der Waals surface area (Å²) in [5, 5.41) is 34.6. The van der Waals surface area contributed by atoms with Crippen LogP contribution in [0.5, 0.6) is 0 Å². The lowest BCUT2D eigenvalue weighted by atomic mass is 9.59. The predicted molar refractivity (Wildman–Crippen MR) is 153 cm³/mol. The fourth-order valence-electron chi connectivity index (χ4n) is 8.34. The van der Waals surface area contributed by atoms with Crippen LogP contribution in [0.25, 0.3) is 0 Å². The van der Waals surface area contributed by atoms with E-state index in [4.69, 9.17) is 9.47 Å². The summed E-state index contributed by atoms with van der Waals surface area (Å²) >= 11 is 0. The molecule has 0 aliphatic heterocycles. The smallest absolute Gasteiger partial charge is 0.334 e. The molecule has 3 N–H and O–H groups in total. The highest BCUT2D eigenvalue weighted by Crippen LogP contribution is 2.75. The number of unbranched alkanes of at least 4 members (excludes halogenated alkanes) is 4. The second-order valence-electron chi connectivity index (χ2n) is 13.4. The molecule has 4 aliphatic carbocycles. The SMILES string of the molecule is C/C=C(/C)C(=O)O[C@H]1C(C)=CC23C(=O)[C@@H](C=C(CO)[C@@H](O)[C@]12O)[C@@H]1C(C)(C)[C@]1(OC(=O)CCCCCCC)CC3C. The second-order valence-corrected chi connectivity index (χ2v) is 13.4. The van der Waals surface area contributed by atoms with Crippen molar-refractivity contribution in [3.63, 3.8) is 0 Å². The average molecular weight is 573 g/mol. The van der Waals surface area contributed by atoms with Crippen molar-refractivity contribution in [2.45, 2.75) is 117 Å². The van der Waals surface area contributed by atoms with E-state index in [0.29, 0.717) is 24.0 Å². The monoisotopic (exact) mass is 572 g/mol. The van der Waals surface area contributed by atoms with Crippen LogP contribution < -0.4 is 0 Å². The number of hydrogen-bond donors (Lipinski definition) is 3. The third-order valence-electron chi connectivity index (χ3n) is 10.8. The molecule has 0 aromatic carbocycles. The summed E-state index contributed by atoms with van der Waals surface area (Å²) in [4.78, 5) is 40.8. The van der Waals surface area contributed by atoms with E-state index in [9.17, 15) is 29.7 Å². The van der Waals surface area contributed by atoms with Gasteiger partial charge in [0.25, 0.3) is 0 Å². The molecule has 1 spiro atoms. The first-order valence-corrected chi connectivity index (χ1v) is 15.2. The van der Waals surface area contributed by atoms with E-state index >= 15 is 0 Å². The van der Waals surface area contributed by atoms with Gasteiger partial charge in [-0.3, -0.25) is 9.59 Å². The number of ketones is 1. The first-order chi connectivity index (χ1) is 19.2. The van der Waals surface area contributed by atoms with E-state index in [2.05, 4.69) is 6.92 Å². The van der Waals surface area contributed by atoms with Crippen LogP contribution in [-0.2, 0) is 23.9 Å². The Hall–Kier alpha value is -2.29. The molecule has 0 aromatic rings.